The summed E-state index contributed by atoms with van der Waals surface area (Å²) in [5.74, 6) is -0.935. The lowest BCUT2D eigenvalue weighted by atomic mass is 10.2. The summed E-state index contributed by atoms with van der Waals surface area (Å²) in [4.78, 5) is 20.5. The number of ether oxygens (including phenoxy) is 1. The van der Waals surface area contributed by atoms with Crippen LogP contribution in [0.1, 0.15) is 19.4 Å². The van der Waals surface area contributed by atoms with Gasteiger partial charge in [-0.3, -0.25) is 0 Å². The van der Waals surface area contributed by atoms with Crippen molar-refractivity contribution in [3.8, 4) is 0 Å². The molecule has 0 radical (unpaired) electrons. The topological polar surface area (TPSA) is 75.6 Å². The highest BCUT2D eigenvalue weighted by atomic mass is 16.5. The predicted octanol–water partition coefficient (Wildman–Crippen LogP) is 2.58. The molecule has 5 nitrogen and oxygen atoms in total. The molecule has 104 valence electrons. The molecule has 0 unspecified atom stereocenters. The molecule has 5 heteroatoms. The fourth-order valence-corrected chi connectivity index (χ4v) is 0.952. The fraction of sp³-hybridized carbons (Fsp3) is 0.286. The largest absolute Gasteiger partial charge is 0.478 e. The summed E-state index contributed by atoms with van der Waals surface area (Å²) in [6.07, 6.45) is -0.369. The molecule has 0 bridgehead atoms. The number of carboxylic acid groups (broad SMARTS) is 1. The van der Waals surface area contributed by atoms with E-state index in [0.29, 0.717) is 13.2 Å². The van der Waals surface area contributed by atoms with Crippen LogP contribution in [0.5, 0.6) is 0 Å². The molecule has 0 aliphatic carbocycles. The van der Waals surface area contributed by atoms with Crippen LogP contribution in [-0.4, -0.2) is 23.8 Å². The van der Waals surface area contributed by atoms with E-state index in [2.05, 4.69) is 11.9 Å². The van der Waals surface area contributed by atoms with Crippen LogP contribution in [0.25, 0.3) is 0 Å². The molecule has 0 saturated heterocycles. The average Bonchev–Trinajstić information content (AvgIpc) is 2.38. The molecule has 1 rings (SSSR count). The highest BCUT2D eigenvalue weighted by molar-refractivity contribution is 5.84. The van der Waals surface area contributed by atoms with Gasteiger partial charge < -0.3 is 15.2 Å². The van der Waals surface area contributed by atoms with Crippen molar-refractivity contribution in [1.29, 1.82) is 0 Å². The van der Waals surface area contributed by atoms with Crippen LogP contribution >= 0.6 is 0 Å². The van der Waals surface area contributed by atoms with Crippen LogP contribution in [0, 0.1) is 0 Å². The zero-order valence-corrected chi connectivity index (χ0v) is 11.2. The lowest BCUT2D eigenvalue weighted by molar-refractivity contribution is -0.132. The number of carboxylic acids is 1. The Balaban J connectivity index is 0.000000459. The molecule has 0 heterocycles. The summed E-state index contributed by atoms with van der Waals surface area (Å²) < 4.78 is 4.71. The zero-order chi connectivity index (χ0) is 14.7. The van der Waals surface area contributed by atoms with E-state index in [1.807, 2.05) is 30.3 Å². The van der Waals surface area contributed by atoms with E-state index in [1.54, 1.807) is 6.92 Å². The number of hydrogen-bond acceptors (Lipinski definition) is 3. The van der Waals surface area contributed by atoms with Gasteiger partial charge in [-0.2, -0.15) is 0 Å². The molecule has 0 atom stereocenters. The monoisotopic (exact) mass is 265 g/mol. The summed E-state index contributed by atoms with van der Waals surface area (Å²) in [5, 5.41) is 10.5. The smallest absolute Gasteiger partial charge is 0.407 e. The Morgan fingerprint density at radius 3 is 2.26 bits per heavy atom. The maximum absolute atomic E-state index is 10.9. The van der Waals surface area contributed by atoms with Gasteiger partial charge in [0.2, 0.25) is 0 Å². The first-order valence-electron chi connectivity index (χ1n) is 5.80. The van der Waals surface area contributed by atoms with Crippen molar-refractivity contribution in [2.45, 2.75) is 20.4 Å². The molecule has 0 aliphatic heterocycles. The number of nitrogens with one attached hydrogen (secondary N) is 1. The van der Waals surface area contributed by atoms with Crippen LogP contribution in [0.3, 0.4) is 0 Å². The summed E-state index contributed by atoms with van der Waals surface area (Å²) in [5.41, 5.74) is 1.24. The third kappa shape index (κ3) is 9.41. The first-order valence-corrected chi connectivity index (χ1v) is 5.80. The summed E-state index contributed by atoms with van der Waals surface area (Å²) in [6, 6.07) is 9.71. The van der Waals surface area contributed by atoms with Crippen LogP contribution in [0.4, 0.5) is 4.79 Å². The maximum Gasteiger partial charge on any atom is 0.407 e. The second-order valence-electron chi connectivity index (χ2n) is 3.65. The Kier molecular flexibility index (Phi) is 8.53. The van der Waals surface area contributed by atoms with Gasteiger partial charge in [-0.25, -0.2) is 9.59 Å². The number of benzene rings is 1. The van der Waals surface area contributed by atoms with Gasteiger partial charge in [-0.1, -0.05) is 36.9 Å². The van der Waals surface area contributed by atoms with Gasteiger partial charge in [0.15, 0.2) is 0 Å². The van der Waals surface area contributed by atoms with Crippen LogP contribution < -0.4 is 5.32 Å². The third-order valence-electron chi connectivity index (χ3n) is 1.92. The maximum atomic E-state index is 10.9. The summed E-state index contributed by atoms with van der Waals surface area (Å²) >= 11 is 0. The summed E-state index contributed by atoms with van der Waals surface area (Å²) in [7, 11) is 0. The predicted molar refractivity (Wildman–Crippen MR) is 72.8 cm³/mol. The second kappa shape index (κ2) is 9.70. The van der Waals surface area contributed by atoms with Crippen molar-refractivity contribution < 1.29 is 19.4 Å². The standard InChI is InChI=1S/C10H13NO2.C4H6O2/c1-2-13-10(12)11-8-9-6-4-3-5-7-9;1-3(2)4(5)6/h3-7H,2,8H2,1H3,(H,11,12);1H2,2H3,(H,5,6). The van der Waals surface area contributed by atoms with E-state index >= 15 is 0 Å². The minimum Gasteiger partial charge on any atom is -0.478 e. The molecule has 19 heavy (non-hydrogen) atoms. The van der Waals surface area contributed by atoms with Crippen molar-refractivity contribution in [3.05, 3.63) is 48.0 Å². The minimum atomic E-state index is -0.935. The van der Waals surface area contributed by atoms with Crippen molar-refractivity contribution in [2.24, 2.45) is 0 Å². The average molecular weight is 265 g/mol. The highest BCUT2D eigenvalue weighted by Gasteiger charge is 1.98. The lowest BCUT2D eigenvalue weighted by Crippen LogP contribution is -2.23. The molecule has 0 aromatic heterocycles. The number of aliphatic carboxylic acids is 1. The van der Waals surface area contributed by atoms with Crippen molar-refractivity contribution in [1.82, 2.24) is 5.32 Å². The number of alkyl carbamates (subject to hydrolysis) is 1. The normalized spacial score (nSPS) is 8.74. The van der Waals surface area contributed by atoms with Gasteiger partial charge in [0.1, 0.15) is 0 Å². The SMILES string of the molecule is C=C(C)C(=O)O.CCOC(=O)NCc1ccccc1. The van der Waals surface area contributed by atoms with Gasteiger partial charge in [0.25, 0.3) is 0 Å². The van der Waals surface area contributed by atoms with E-state index in [4.69, 9.17) is 9.84 Å². The van der Waals surface area contributed by atoms with E-state index in [-0.39, 0.29) is 11.7 Å². The number of carbonyl (C=O) groups is 2. The number of amides is 1. The van der Waals surface area contributed by atoms with Gasteiger partial charge in [0.05, 0.1) is 6.61 Å². The molecule has 0 aliphatic rings. The van der Waals surface area contributed by atoms with Crippen molar-refractivity contribution in [2.75, 3.05) is 6.61 Å². The molecular formula is C14H19NO4. The molecule has 1 aromatic rings. The third-order valence-corrected chi connectivity index (χ3v) is 1.92. The fourth-order valence-electron chi connectivity index (χ4n) is 0.952. The lowest BCUT2D eigenvalue weighted by Gasteiger charge is -2.04. The van der Waals surface area contributed by atoms with E-state index in [9.17, 15) is 9.59 Å². The molecule has 1 amide bonds. The van der Waals surface area contributed by atoms with Gasteiger partial charge in [-0.15, -0.1) is 0 Å². The molecule has 2 N–H and O–H groups in total. The van der Waals surface area contributed by atoms with E-state index in [0.717, 1.165) is 5.56 Å². The number of carbonyl (C=O) groups excluding carboxylic acids is 1. The first-order chi connectivity index (χ1) is 8.97. The quantitative estimate of drug-likeness (QED) is 0.820. The van der Waals surface area contributed by atoms with E-state index in [1.165, 1.54) is 6.92 Å². The Bertz CT molecular complexity index is 403. The molecule has 0 fully saturated rings. The minimum absolute atomic E-state index is 0.176. The Labute approximate surface area is 112 Å². The Morgan fingerprint density at radius 1 is 1.32 bits per heavy atom. The molecule has 0 spiro atoms. The molecule has 0 saturated carbocycles. The van der Waals surface area contributed by atoms with Gasteiger partial charge in [-0.05, 0) is 19.4 Å². The highest BCUT2D eigenvalue weighted by Crippen LogP contribution is 1.97. The van der Waals surface area contributed by atoms with Crippen LogP contribution in [-0.2, 0) is 16.1 Å². The Morgan fingerprint density at radius 2 is 1.84 bits per heavy atom. The van der Waals surface area contributed by atoms with Crippen LogP contribution in [0.15, 0.2) is 42.5 Å². The van der Waals surface area contributed by atoms with Gasteiger partial charge >= 0.3 is 12.1 Å². The van der Waals surface area contributed by atoms with Crippen LogP contribution in [0.2, 0.25) is 0 Å². The number of rotatable bonds is 4. The van der Waals surface area contributed by atoms with Crippen molar-refractivity contribution >= 4 is 12.1 Å². The summed E-state index contributed by atoms with van der Waals surface area (Å²) in [6.45, 7) is 7.30. The van der Waals surface area contributed by atoms with Crippen molar-refractivity contribution in [3.63, 3.8) is 0 Å². The first kappa shape index (κ1) is 16.7. The van der Waals surface area contributed by atoms with E-state index < -0.39 is 5.97 Å². The zero-order valence-electron chi connectivity index (χ0n) is 11.2. The second-order valence-corrected chi connectivity index (χ2v) is 3.65. The molecular weight excluding hydrogens is 246 g/mol. The number of hydrogen-bond donors (Lipinski definition) is 2. The molecule has 1 aromatic carbocycles. The van der Waals surface area contributed by atoms with Gasteiger partial charge in [0, 0.05) is 12.1 Å². The Hall–Kier alpha value is -2.30.